The quantitative estimate of drug-likeness (QED) is 0.785. The highest BCUT2D eigenvalue weighted by Gasteiger charge is 2.23. The van der Waals surface area contributed by atoms with Gasteiger partial charge in [0.25, 0.3) is 5.91 Å². The summed E-state index contributed by atoms with van der Waals surface area (Å²) in [5, 5.41) is 15.0. The summed E-state index contributed by atoms with van der Waals surface area (Å²) in [4.78, 5) is 16.0. The monoisotopic (exact) mass is 281 g/mol. The Hall–Kier alpha value is -1.69. The van der Waals surface area contributed by atoms with E-state index in [1.807, 2.05) is 6.92 Å². The highest BCUT2D eigenvalue weighted by molar-refractivity contribution is 5.95. The molecule has 1 heterocycles. The predicted octanol–water partition coefficient (Wildman–Crippen LogP) is 1.69. The zero-order valence-electron chi connectivity index (χ0n) is 11.5. The van der Waals surface area contributed by atoms with E-state index in [9.17, 15) is 14.3 Å². The first-order chi connectivity index (χ1) is 9.61. The molecule has 2 rings (SSSR count). The number of carbonyl (C=O) groups excluding carboxylic acids is 1. The summed E-state index contributed by atoms with van der Waals surface area (Å²) in [6.45, 7) is 2.37. The van der Waals surface area contributed by atoms with Crippen LogP contribution in [0.5, 0.6) is 0 Å². The van der Waals surface area contributed by atoms with E-state index in [0.29, 0.717) is 19.4 Å². The van der Waals surface area contributed by atoms with Gasteiger partial charge in [-0.15, -0.1) is 0 Å². The smallest absolute Gasteiger partial charge is 0.254 e. The number of nitrogens with one attached hydrogen (secondary N) is 2. The van der Waals surface area contributed by atoms with Gasteiger partial charge in [0, 0.05) is 18.8 Å². The molecule has 1 aromatic rings. The zero-order chi connectivity index (χ0) is 14.5. The third kappa shape index (κ3) is 3.45. The SMILES string of the molecule is CCNc1nccc(C(=O)NC2CCC(O)CC2)c1F. The number of aromatic nitrogens is 1. The molecule has 0 unspecified atom stereocenters. The Morgan fingerprint density at radius 1 is 1.45 bits per heavy atom. The summed E-state index contributed by atoms with van der Waals surface area (Å²) in [6.07, 6.45) is 3.93. The van der Waals surface area contributed by atoms with Crippen LogP contribution in [0, 0.1) is 5.82 Å². The molecule has 1 saturated carbocycles. The Morgan fingerprint density at radius 2 is 2.15 bits per heavy atom. The molecule has 1 aliphatic carbocycles. The van der Waals surface area contributed by atoms with E-state index < -0.39 is 11.7 Å². The van der Waals surface area contributed by atoms with Crippen LogP contribution in [0.25, 0.3) is 0 Å². The summed E-state index contributed by atoms with van der Waals surface area (Å²) in [7, 11) is 0. The Kier molecular flexibility index (Phi) is 4.89. The molecule has 110 valence electrons. The van der Waals surface area contributed by atoms with E-state index >= 15 is 0 Å². The van der Waals surface area contributed by atoms with Crippen molar-refractivity contribution in [3.8, 4) is 0 Å². The summed E-state index contributed by atoms with van der Waals surface area (Å²) in [5.74, 6) is -0.952. The second-order valence-electron chi connectivity index (χ2n) is 5.03. The Morgan fingerprint density at radius 3 is 2.80 bits per heavy atom. The Bertz CT molecular complexity index is 473. The van der Waals surface area contributed by atoms with E-state index in [0.717, 1.165) is 12.8 Å². The van der Waals surface area contributed by atoms with Gasteiger partial charge >= 0.3 is 0 Å². The van der Waals surface area contributed by atoms with Gasteiger partial charge in [-0.05, 0) is 38.7 Å². The van der Waals surface area contributed by atoms with Crippen LogP contribution < -0.4 is 10.6 Å². The number of hydrogen-bond acceptors (Lipinski definition) is 4. The topological polar surface area (TPSA) is 74.2 Å². The second kappa shape index (κ2) is 6.65. The van der Waals surface area contributed by atoms with Crippen molar-refractivity contribution < 1.29 is 14.3 Å². The van der Waals surface area contributed by atoms with E-state index in [2.05, 4.69) is 15.6 Å². The first-order valence-corrected chi connectivity index (χ1v) is 6.99. The van der Waals surface area contributed by atoms with Crippen LogP contribution in [0.3, 0.4) is 0 Å². The average molecular weight is 281 g/mol. The number of nitrogens with zero attached hydrogens (tertiary/aromatic N) is 1. The van der Waals surface area contributed by atoms with Gasteiger partial charge in [0.05, 0.1) is 11.7 Å². The van der Waals surface area contributed by atoms with Crippen molar-refractivity contribution in [1.29, 1.82) is 0 Å². The molecule has 0 spiro atoms. The van der Waals surface area contributed by atoms with Gasteiger partial charge < -0.3 is 15.7 Å². The summed E-state index contributed by atoms with van der Waals surface area (Å²) < 4.78 is 14.1. The van der Waals surface area contributed by atoms with Gasteiger partial charge in [-0.2, -0.15) is 0 Å². The van der Waals surface area contributed by atoms with Crippen LogP contribution in [0.2, 0.25) is 0 Å². The summed E-state index contributed by atoms with van der Waals surface area (Å²) in [5.41, 5.74) is 0.00192. The molecule has 0 bridgehead atoms. The Balaban J connectivity index is 2.04. The minimum Gasteiger partial charge on any atom is -0.393 e. The minimum atomic E-state index is -0.623. The van der Waals surface area contributed by atoms with Crippen LogP contribution >= 0.6 is 0 Å². The largest absolute Gasteiger partial charge is 0.393 e. The molecule has 3 N–H and O–H groups in total. The lowest BCUT2D eigenvalue weighted by atomic mass is 9.93. The molecule has 0 aliphatic heterocycles. The minimum absolute atomic E-state index is 0.000972. The third-order valence-electron chi connectivity index (χ3n) is 3.51. The lowest BCUT2D eigenvalue weighted by molar-refractivity contribution is 0.0864. The number of amides is 1. The lowest BCUT2D eigenvalue weighted by Gasteiger charge is -2.26. The van der Waals surface area contributed by atoms with Gasteiger partial charge in [0.2, 0.25) is 0 Å². The van der Waals surface area contributed by atoms with Gasteiger partial charge in [-0.1, -0.05) is 0 Å². The fourth-order valence-corrected chi connectivity index (χ4v) is 2.39. The third-order valence-corrected chi connectivity index (χ3v) is 3.51. The summed E-state index contributed by atoms with van der Waals surface area (Å²) in [6, 6.07) is 1.38. The average Bonchev–Trinajstić information content (AvgIpc) is 2.44. The maximum atomic E-state index is 14.1. The highest BCUT2D eigenvalue weighted by atomic mass is 19.1. The van der Waals surface area contributed by atoms with Crippen molar-refractivity contribution in [2.24, 2.45) is 0 Å². The molecule has 0 atom stereocenters. The van der Waals surface area contributed by atoms with Gasteiger partial charge in [0.1, 0.15) is 0 Å². The maximum Gasteiger partial charge on any atom is 0.254 e. The molecule has 1 amide bonds. The zero-order valence-corrected chi connectivity index (χ0v) is 11.5. The predicted molar refractivity (Wildman–Crippen MR) is 74.1 cm³/mol. The molecule has 0 saturated heterocycles. The standard InChI is InChI=1S/C14H20FN3O2/c1-2-16-13-12(15)11(7-8-17-13)14(20)18-9-3-5-10(19)6-4-9/h7-10,19H,2-6H2,1H3,(H,16,17)(H,18,20). The summed E-state index contributed by atoms with van der Waals surface area (Å²) >= 11 is 0. The Labute approximate surface area is 117 Å². The molecule has 1 aliphatic rings. The number of rotatable bonds is 4. The molecule has 6 heteroatoms. The van der Waals surface area contributed by atoms with E-state index in [1.165, 1.54) is 12.3 Å². The molecule has 1 aromatic heterocycles. The highest BCUT2D eigenvalue weighted by Crippen LogP contribution is 2.20. The maximum absolute atomic E-state index is 14.1. The van der Waals surface area contributed by atoms with Crippen molar-refractivity contribution in [2.75, 3.05) is 11.9 Å². The number of halogens is 1. The second-order valence-corrected chi connectivity index (χ2v) is 5.03. The van der Waals surface area contributed by atoms with E-state index in [4.69, 9.17) is 0 Å². The van der Waals surface area contributed by atoms with Gasteiger partial charge in [-0.25, -0.2) is 9.37 Å². The molecule has 20 heavy (non-hydrogen) atoms. The molecule has 0 radical (unpaired) electrons. The van der Waals surface area contributed by atoms with Gasteiger partial charge in [0.15, 0.2) is 11.6 Å². The molecule has 1 fully saturated rings. The van der Waals surface area contributed by atoms with Crippen molar-refractivity contribution in [1.82, 2.24) is 10.3 Å². The number of pyridine rings is 1. The number of anilines is 1. The first kappa shape index (κ1) is 14.7. The van der Waals surface area contributed by atoms with Gasteiger partial charge in [-0.3, -0.25) is 4.79 Å². The fourth-order valence-electron chi connectivity index (χ4n) is 2.39. The molecular formula is C14H20FN3O2. The number of carbonyl (C=O) groups is 1. The first-order valence-electron chi connectivity index (χ1n) is 6.99. The van der Waals surface area contributed by atoms with Crippen LogP contribution in [0.4, 0.5) is 10.2 Å². The lowest BCUT2D eigenvalue weighted by Crippen LogP contribution is -2.39. The van der Waals surface area contributed by atoms with Crippen molar-refractivity contribution in [3.05, 3.63) is 23.6 Å². The van der Waals surface area contributed by atoms with Crippen molar-refractivity contribution >= 4 is 11.7 Å². The van der Waals surface area contributed by atoms with Crippen LogP contribution in [-0.4, -0.2) is 34.7 Å². The molecular weight excluding hydrogens is 261 g/mol. The van der Waals surface area contributed by atoms with Crippen LogP contribution in [-0.2, 0) is 0 Å². The van der Waals surface area contributed by atoms with Crippen LogP contribution in [0.1, 0.15) is 43.0 Å². The van der Waals surface area contributed by atoms with E-state index in [-0.39, 0.29) is 23.5 Å². The number of aliphatic hydroxyl groups is 1. The van der Waals surface area contributed by atoms with E-state index in [1.54, 1.807) is 0 Å². The molecule has 0 aromatic carbocycles. The van der Waals surface area contributed by atoms with Crippen LogP contribution in [0.15, 0.2) is 12.3 Å². The number of aliphatic hydroxyl groups excluding tert-OH is 1. The number of hydrogen-bond donors (Lipinski definition) is 3. The fraction of sp³-hybridized carbons (Fsp3) is 0.571. The van der Waals surface area contributed by atoms with Crippen molar-refractivity contribution in [3.63, 3.8) is 0 Å². The normalized spacial score (nSPS) is 22.4. The molecule has 5 nitrogen and oxygen atoms in total. The van der Waals surface area contributed by atoms with Crippen molar-refractivity contribution in [2.45, 2.75) is 44.8 Å².